The van der Waals surface area contributed by atoms with Crippen LogP contribution >= 0.6 is 0 Å². The fourth-order valence-corrected chi connectivity index (χ4v) is 2.64. The van der Waals surface area contributed by atoms with Gasteiger partial charge in [0.15, 0.2) is 0 Å². The van der Waals surface area contributed by atoms with Gasteiger partial charge in [-0.25, -0.2) is 4.79 Å². The quantitative estimate of drug-likeness (QED) is 0.779. The molecule has 0 spiro atoms. The lowest BCUT2D eigenvalue weighted by atomic mass is 9.89. The van der Waals surface area contributed by atoms with Gasteiger partial charge in [0.25, 0.3) is 0 Å². The molecule has 1 aliphatic carbocycles. The predicted octanol–water partition coefficient (Wildman–Crippen LogP) is 2.40. The van der Waals surface area contributed by atoms with Gasteiger partial charge < -0.3 is 15.7 Å². The number of amides is 2. The van der Waals surface area contributed by atoms with Crippen molar-refractivity contribution in [1.29, 1.82) is 0 Å². The third-order valence-corrected chi connectivity index (χ3v) is 3.84. The highest BCUT2D eigenvalue weighted by Crippen LogP contribution is 2.24. The number of benzene rings is 1. The van der Waals surface area contributed by atoms with Crippen LogP contribution in [0.3, 0.4) is 0 Å². The number of carboxylic acid groups (broad SMARTS) is 1. The number of carbonyl (C=O) groups is 2. The summed E-state index contributed by atoms with van der Waals surface area (Å²) < 4.78 is 0. The van der Waals surface area contributed by atoms with Crippen molar-refractivity contribution < 1.29 is 14.7 Å². The van der Waals surface area contributed by atoms with Crippen LogP contribution in [0.2, 0.25) is 0 Å². The number of aryl methyl sites for hydroxylation is 2. The smallest absolute Gasteiger partial charge is 0.315 e. The van der Waals surface area contributed by atoms with Crippen molar-refractivity contribution in [2.24, 2.45) is 0 Å². The molecule has 0 bridgehead atoms. The zero-order valence-electron chi connectivity index (χ0n) is 12.3. The summed E-state index contributed by atoms with van der Waals surface area (Å²) in [7, 11) is 0. The Hall–Kier alpha value is -2.04. The molecule has 0 fully saturated rings. The number of hydrogen-bond acceptors (Lipinski definition) is 2. The molecule has 1 atom stereocenters. The van der Waals surface area contributed by atoms with E-state index in [9.17, 15) is 9.59 Å². The highest BCUT2D eigenvalue weighted by Gasteiger charge is 2.14. The number of carbonyl (C=O) groups excluding carboxylic acids is 1. The first-order valence-corrected chi connectivity index (χ1v) is 7.44. The van der Waals surface area contributed by atoms with Crippen molar-refractivity contribution >= 4 is 12.0 Å². The molecule has 1 aliphatic rings. The van der Waals surface area contributed by atoms with Gasteiger partial charge >= 0.3 is 12.0 Å². The van der Waals surface area contributed by atoms with E-state index in [4.69, 9.17) is 5.11 Å². The standard InChI is InChI=1S/C16H22N2O3/c1-11(18-16(21)17-9-8-15(19)20)13-7-6-12-4-2-3-5-14(12)10-13/h6-7,10-11H,2-5,8-9H2,1H3,(H,19,20)(H2,17,18,21)/t11-/m0/s1. The zero-order chi connectivity index (χ0) is 15.2. The summed E-state index contributed by atoms with van der Waals surface area (Å²) in [4.78, 5) is 22.1. The van der Waals surface area contributed by atoms with Gasteiger partial charge in [-0.1, -0.05) is 18.2 Å². The number of rotatable bonds is 5. The van der Waals surface area contributed by atoms with E-state index in [1.54, 1.807) is 0 Å². The van der Waals surface area contributed by atoms with Crippen LogP contribution in [-0.4, -0.2) is 23.7 Å². The summed E-state index contributed by atoms with van der Waals surface area (Å²) in [6.07, 6.45) is 4.68. The van der Waals surface area contributed by atoms with E-state index < -0.39 is 5.97 Å². The second-order valence-corrected chi connectivity index (χ2v) is 5.50. The number of aliphatic carboxylic acids is 1. The Labute approximate surface area is 124 Å². The molecule has 2 rings (SSSR count). The Morgan fingerprint density at radius 1 is 1.24 bits per heavy atom. The Morgan fingerprint density at radius 3 is 2.67 bits per heavy atom. The maximum atomic E-state index is 11.7. The van der Waals surface area contributed by atoms with Crippen LogP contribution in [0.4, 0.5) is 4.79 Å². The summed E-state index contributed by atoms with van der Waals surface area (Å²) in [5, 5.41) is 13.9. The molecule has 5 heteroatoms. The first kappa shape index (κ1) is 15.4. The molecule has 1 aromatic carbocycles. The van der Waals surface area contributed by atoms with Crippen molar-refractivity contribution in [2.45, 2.75) is 45.1 Å². The molecule has 2 amide bonds. The van der Waals surface area contributed by atoms with Crippen molar-refractivity contribution in [1.82, 2.24) is 10.6 Å². The zero-order valence-corrected chi connectivity index (χ0v) is 12.3. The second-order valence-electron chi connectivity index (χ2n) is 5.50. The van der Waals surface area contributed by atoms with E-state index in [1.165, 1.54) is 24.0 Å². The van der Waals surface area contributed by atoms with Crippen molar-refractivity contribution in [3.63, 3.8) is 0 Å². The van der Waals surface area contributed by atoms with Gasteiger partial charge in [-0.3, -0.25) is 4.79 Å². The lowest BCUT2D eigenvalue weighted by Gasteiger charge is -2.20. The number of hydrogen-bond donors (Lipinski definition) is 3. The molecule has 0 unspecified atom stereocenters. The number of urea groups is 1. The average Bonchev–Trinajstić information content (AvgIpc) is 2.46. The van der Waals surface area contributed by atoms with Crippen molar-refractivity contribution in [3.8, 4) is 0 Å². The molecule has 1 aromatic rings. The largest absolute Gasteiger partial charge is 0.481 e. The normalized spacial score (nSPS) is 14.9. The molecule has 0 saturated heterocycles. The number of nitrogens with one attached hydrogen (secondary N) is 2. The maximum absolute atomic E-state index is 11.7. The summed E-state index contributed by atoms with van der Waals surface area (Å²) in [5.74, 6) is -0.918. The van der Waals surface area contributed by atoms with Gasteiger partial charge in [0.05, 0.1) is 12.5 Å². The van der Waals surface area contributed by atoms with E-state index in [0.717, 1.165) is 18.4 Å². The Morgan fingerprint density at radius 2 is 1.95 bits per heavy atom. The molecule has 0 saturated carbocycles. The maximum Gasteiger partial charge on any atom is 0.315 e. The monoisotopic (exact) mass is 290 g/mol. The van der Waals surface area contributed by atoms with E-state index in [1.807, 2.05) is 6.92 Å². The minimum atomic E-state index is -0.918. The average molecular weight is 290 g/mol. The van der Waals surface area contributed by atoms with Crippen molar-refractivity contribution in [3.05, 3.63) is 34.9 Å². The van der Waals surface area contributed by atoms with Gasteiger partial charge in [0.2, 0.25) is 0 Å². The molecule has 0 aliphatic heterocycles. The Bertz CT molecular complexity index is 528. The Kier molecular flexibility index (Phi) is 5.20. The Balaban J connectivity index is 1.89. The van der Waals surface area contributed by atoms with E-state index in [2.05, 4.69) is 28.8 Å². The fourth-order valence-electron chi connectivity index (χ4n) is 2.64. The van der Waals surface area contributed by atoms with Gasteiger partial charge in [0.1, 0.15) is 0 Å². The molecule has 0 aromatic heterocycles. The SMILES string of the molecule is C[C@H](NC(=O)NCCC(=O)O)c1ccc2c(c1)CCCC2. The topological polar surface area (TPSA) is 78.4 Å². The summed E-state index contributed by atoms with van der Waals surface area (Å²) >= 11 is 0. The number of fused-ring (bicyclic) bond motifs is 1. The van der Waals surface area contributed by atoms with E-state index in [0.29, 0.717) is 0 Å². The van der Waals surface area contributed by atoms with Gasteiger partial charge in [0, 0.05) is 6.54 Å². The van der Waals surface area contributed by atoms with Crippen LogP contribution < -0.4 is 10.6 Å². The first-order chi connectivity index (χ1) is 10.1. The molecule has 0 radical (unpaired) electrons. The lowest BCUT2D eigenvalue weighted by molar-refractivity contribution is -0.136. The van der Waals surface area contributed by atoms with Crippen LogP contribution in [0.1, 0.15) is 48.9 Å². The highest BCUT2D eigenvalue weighted by atomic mass is 16.4. The van der Waals surface area contributed by atoms with E-state index >= 15 is 0 Å². The first-order valence-electron chi connectivity index (χ1n) is 7.44. The summed E-state index contributed by atoms with van der Waals surface area (Å²) in [5.41, 5.74) is 3.89. The van der Waals surface area contributed by atoms with E-state index in [-0.39, 0.29) is 25.0 Å². The third kappa shape index (κ3) is 4.48. The highest BCUT2D eigenvalue weighted by molar-refractivity contribution is 5.75. The minimum absolute atomic E-state index is 0.0688. The lowest BCUT2D eigenvalue weighted by Crippen LogP contribution is -2.38. The molecule has 114 valence electrons. The van der Waals surface area contributed by atoms with Crippen LogP contribution in [0, 0.1) is 0 Å². The van der Waals surface area contributed by atoms with Crippen LogP contribution in [0.5, 0.6) is 0 Å². The van der Waals surface area contributed by atoms with Crippen molar-refractivity contribution in [2.75, 3.05) is 6.54 Å². The van der Waals surface area contributed by atoms with Gasteiger partial charge in [-0.2, -0.15) is 0 Å². The molecule has 3 N–H and O–H groups in total. The molecular weight excluding hydrogens is 268 g/mol. The second kappa shape index (κ2) is 7.11. The van der Waals surface area contributed by atoms with Gasteiger partial charge in [-0.15, -0.1) is 0 Å². The number of carboxylic acids is 1. The van der Waals surface area contributed by atoms with Crippen LogP contribution in [0.25, 0.3) is 0 Å². The summed E-state index contributed by atoms with van der Waals surface area (Å²) in [6.45, 7) is 2.07. The molecule has 21 heavy (non-hydrogen) atoms. The van der Waals surface area contributed by atoms with Gasteiger partial charge in [-0.05, 0) is 49.3 Å². The summed E-state index contributed by atoms with van der Waals surface area (Å²) in [6, 6.07) is 5.97. The fraction of sp³-hybridized carbons (Fsp3) is 0.500. The minimum Gasteiger partial charge on any atom is -0.481 e. The molecule has 5 nitrogen and oxygen atoms in total. The van der Waals surface area contributed by atoms with Crippen LogP contribution in [-0.2, 0) is 17.6 Å². The molecule has 0 heterocycles. The molecular formula is C16H22N2O3. The predicted molar refractivity (Wildman–Crippen MR) is 80.3 cm³/mol. The van der Waals surface area contributed by atoms with Crippen LogP contribution in [0.15, 0.2) is 18.2 Å². The third-order valence-electron chi connectivity index (χ3n) is 3.84.